The summed E-state index contributed by atoms with van der Waals surface area (Å²) in [4.78, 5) is 23.7. The van der Waals surface area contributed by atoms with Crippen molar-refractivity contribution in [1.82, 2.24) is 4.90 Å². The van der Waals surface area contributed by atoms with Crippen LogP contribution >= 0.6 is 0 Å². The molecule has 0 bridgehead atoms. The third kappa shape index (κ3) is 2.99. The van der Waals surface area contributed by atoms with Gasteiger partial charge in [-0.1, -0.05) is 0 Å². The molecule has 110 valence electrons. The molecule has 1 aliphatic rings. The average molecular weight is 291 g/mol. The van der Waals surface area contributed by atoms with Crippen LogP contribution < -0.4 is 0 Å². The number of nitriles is 1. The van der Waals surface area contributed by atoms with E-state index in [0.29, 0.717) is 25.9 Å². The summed E-state index contributed by atoms with van der Waals surface area (Å²) in [7, 11) is 0. The highest BCUT2D eigenvalue weighted by atomic mass is 19.1. The van der Waals surface area contributed by atoms with Crippen LogP contribution in [0.25, 0.3) is 0 Å². The van der Waals surface area contributed by atoms with E-state index in [1.54, 1.807) is 0 Å². The number of rotatable bonds is 2. The molecule has 0 saturated carbocycles. The molecule has 0 spiro atoms. The third-order valence-corrected chi connectivity index (χ3v) is 3.81. The highest BCUT2D eigenvalue weighted by Gasteiger charge is 2.32. The summed E-state index contributed by atoms with van der Waals surface area (Å²) in [5.41, 5.74) is -1.06. The van der Waals surface area contributed by atoms with E-state index in [1.165, 1.54) is 11.0 Å². The minimum atomic E-state index is -0.966. The normalized spacial score (nSPS) is 17.1. The first kappa shape index (κ1) is 14.9. The molecule has 1 aliphatic heterocycles. The quantitative estimate of drug-likeness (QED) is 0.618. The van der Waals surface area contributed by atoms with Crippen molar-refractivity contribution in [2.75, 3.05) is 13.1 Å². The van der Waals surface area contributed by atoms with Crippen molar-refractivity contribution in [3.8, 4) is 6.07 Å². The van der Waals surface area contributed by atoms with Crippen LogP contribution in [0.5, 0.6) is 0 Å². The molecule has 0 N–H and O–H groups in total. The minimum Gasteiger partial charge on any atom is -0.339 e. The van der Waals surface area contributed by atoms with E-state index in [0.717, 1.165) is 12.1 Å². The van der Waals surface area contributed by atoms with E-state index >= 15 is 0 Å². The Kier molecular flexibility index (Phi) is 3.89. The third-order valence-electron chi connectivity index (χ3n) is 3.81. The molecule has 1 amide bonds. The van der Waals surface area contributed by atoms with E-state index in [4.69, 9.17) is 5.26 Å². The summed E-state index contributed by atoms with van der Waals surface area (Å²) in [6, 6.07) is 5.35. The molecule has 1 aromatic carbocycles. The van der Waals surface area contributed by atoms with Crippen LogP contribution in [-0.4, -0.2) is 28.8 Å². The van der Waals surface area contributed by atoms with Gasteiger partial charge in [-0.2, -0.15) is 9.65 Å². The van der Waals surface area contributed by atoms with Crippen molar-refractivity contribution in [2.24, 2.45) is 5.41 Å². The first-order valence-electron chi connectivity index (χ1n) is 6.51. The highest BCUT2D eigenvalue weighted by molar-refractivity contribution is 5.95. The standard InChI is InChI=1S/C14H14FN3O3/c1-14(9-16)4-6-17(7-5-14)13(19)10-2-3-11(15)12(8-10)18(20)21/h2-3,8H,4-7H2,1H3. The van der Waals surface area contributed by atoms with Crippen LogP contribution in [0.3, 0.4) is 0 Å². The average Bonchev–Trinajstić information content (AvgIpc) is 2.47. The predicted molar refractivity (Wildman–Crippen MR) is 71.9 cm³/mol. The van der Waals surface area contributed by atoms with Crippen molar-refractivity contribution in [3.63, 3.8) is 0 Å². The lowest BCUT2D eigenvalue weighted by Crippen LogP contribution is -2.41. The van der Waals surface area contributed by atoms with Gasteiger partial charge < -0.3 is 4.90 Å². The van der Waals surface area contributed by atoms with Crippen LogP contribution in [0.1, 0.15) is 30.1 Å². The fourth-order valence-electron chi connectivity index (χ4n) is 2.28. The maximum Gasteiger partial charge on any atom is 0.305 e. The van der Waals surface area contributed by atoms with Gasteiger partial charge in [0.15, 0.2) is 0 Å². The number of nitrogens with zero attached hydrogens (tertiary/aromatic N) is 3. The van der Waals surface area contributed by atoms with Crippen molar-refractivity contribution >= 4 is 11.6 Å². The molecule has 6 nitrogen and oxygen atoms in total. The second-order valence-corrected chi connectivity index (χ2v) is 5.39. The largest absolute Gasteiger partial charge is 0.339 e. The molecular weight excluding hydrogens is 277 g/mol. The van der Waals surface area contributed by atoms with E-state index in [9.17, 15) is 19.3 Å². The molecule has 7 heteroatoms. The lowest BCUT2D eigenvalue weighted by molar-refractivity contribution is -0.387. The first-order chi connectivity index (χ1) is 9.86. The van der Waals surface area contributed by atoms with Crippen LogP contribution in [0.2, 0.25) is 0 Å². The fraction of sp³-hybridized carbons (Fsp3) is 0.429. The second-order valence-electron chi connectivity index (χ2n) is 5.39. The maximum absolute atomic E-state index is 13.3. The van der Waals surface area contributed by atoms with E-state index < -0.39 is 21.8 Å². The molecule has 1 aromatic rings. The number of piperidine rings is 1. The summed E-state index contributed by atoms with van der Waals surface area (Å²) in [6.45, 7) is 2.67. The zero-order valence-corrected chi connectivity index (χ0v) is 11.5. The van der Waals surface area contributed by atoms with Crippen LogP contribution in [0.15, 0.2) is 18.2 Å². The highest BCUT2D eigenvalue weighted by Crippen LogP contribution is 2.30. The molecule has 2 rings (SSSR count). The summed E-state index contributed by atoms with van der Waals surface area (Å²) >= 11 is 0. The number of halogens is 1. The van der Waals surface area contributed by atoms with Gasteiger partial charge in [-0.25, -0.2) is 0 Å². The molecular formula is C14H14FN3O3. The van der Waals surface area contributed by atoms with Crippen molar-refractivity contribution in [3.05, 3.63) is 39.7 Å². The molecule has 0 unspecified atom stereocenters. The molecule has 0 aromatic heterocycles. The topological polar surface area (TPSA) is 87.2 Å². The van der Waals surface area contributed by atoms with Crippen molar-refractivity contribution in [1.29, 1.82) is 5.26 Å². The predicted octanol–water partition coefficient (Wildman–Crippen LogP) is 2.50. The van der Waals surface area contributed by atoms with Gasteiger partial charge in [-0.05, 0) is 31.9 Å². The second kappa shape index (κ2) is 5.48. The summed E-state index contributed by atoms with van der Waals surface area (Å²) in [6.07, 6.45) is 1.11. The number of nitro groups is 1. The number of benzene rings is 1. The number of hydrogen-bond donors (Lipinski definition) is 0. The van der Waals surface area contributed by atoms with Gasteiger partial charge in [0.2, 0.25) is 5.82 Å². The monoisotopic (exact) mass is 291 g/mol. The number of carbonyl (C=O) groups is 1. The van der Waals surface area contributed by atoms with Crippen LogP contribution in [-0.2, 0) is 0 Å². The van der Waals surface area contributed by atoms with E-state index in [2.05, 4.69) is 6.07 Å². The number of hydrogen-bond acceptors (Lipinski definition) is 4. The SMILES string of the molecule is CC1(C#N)CCN(C(=O)c2ccc(F)c([N+](=O)[O-])c2)CC1. The van der Waals surface area contributed by atoms with E-state index in [1.807, 2.05) is 6.92 Å². The first-order valence-corrected chi connectivity index (χ1v) is 6.51. The van der Waals surface area contributed by atoms with E-state index in [-0.39, 0.29) is 11.5 Å². The van der Waals surface area contributed by atoms with Crippen molar-refractivity contribution in [2.45, 2.75) is 19.8 Å². The Morgan fingerprint density at radius 1 is 1.48 bits per heavy atom. The molecule has 21 heavy (non-hydrogen) atoms. The Bertz CT molecular complexity index is 631. The van der Waals surface area contributed by atoms with Gasteiger partial charge in [0.1, 0.15) is 0 Å². The summed E-state index contributed by atoms with van der Waals surface area (Å²) in [5.74, 6) is -1.34. The lowest BCUT2D eigenvalue weighted by Gasteiger charge is -2.34. The zero-order valence-electron chi connectivity index (χ0n) is 11.5. The smallest absolute Gasteiger partial charge is 0.305 e. The Labute approximate surface area is 120 Å². The Morgan fingerprint density at radius 3 is 2.62 bits per heavy atom. The van der Waals surface area contributed by atoms with Gasteiger partial charge in [-0.3, -0.25) is 14.9 Å². The fourth-order valence-corrected chi connectivity index (χ4v) is 2.28. The zero-order chi connectivity index (χ0) is 15.6. The van der Waals surface area contributed by atoms with Crippen LogP contribution in [0.4, 0.5) is 10.1 Å². The summed E-state index contributed by atoms with van der Waals surface area (Å²) < 4.78 is 13.3. The number of nitro benzene ring substituents is 1. The molecule has 0 radical (unpaired) electrons. The summed E-state index contributed by atoms with van der Waals surface area (Å²) in [5, 5.41) is 19.8. The van der Waals surface area contributed by atoms with Gasteiger partial charge in [-0.15, -0.1) is 0 Å². The number of amides is 1. The van der Waals surface area contributed by atoms with Crippen LogP contribution in [0, 0.1) is 32.7 Å². The van der Waals surface area contributed by atoms with Gasteiger partial charge in [0, 0.05) is 24.7 Å². The molecule has 0 atom stereocenters. The minimum absolute atomic E-state index is 0.0867. The Morgan fingerprint density at radius 2 is 2.10 bits per heavy atom. The van der Waals surface area contributed by atoms with Crippen molar-refractivity contribution < 1.29 is 14.1 Å². The molecule has 1 fully saturated rings. The van der Waals surface area contributed by atoms with Gasteiger partial charge >= 0.3 is 5.69 Å². The lowest BCUT2D eigenvalue weighted by atomic mass is 9.82. The van der Waals surface area contributed by atoms with Gasteiger partial charge in [0.05, 0.1) is 16.4 Å². The Hall–Kier alpha value is -2.49. The number of likely N-dealkylation sites (tertiary alicyclic amines) is 1. The van der Waals surface area contributed by atoms with Gasteiger partial charge in [0.25, 0.3) is 5.91 Å². The Balaban J connectivity index is 2.17. The number of carbonyl (C=O) groups excluding carboxylic acids is 1. The maximum atomic E-state index is 13.3. The molecule has 1 saturated heterocycles. The molecule has 1 heterocycles. The molecule has 0 aliphatic carbocycles.